The zero-order chi connectivity index (χ0) is 16.5. The average Bonchev–Trinajstić information content (AvgIpc) is 2.47. The predicted octanol–water partition coefficient (Wildman–Crippen LogP) is 3.60. The summed E-state index contributed by atoms with van der Waals surface area (Å²) in [6.07, 6.45) is 1.94. The first-order valence-corrected chi connectivity index (χ1v) is 7.58. The van der Waals surface area contributed by atoms with Gasteiger partial charge in [-0.05, 0) is 31.9 Å². The van der Waals surface area contributed by atoms with Crippen molar-refractivity contribution in [1.82, 2.24) is 5.32 Å². The Bertz CT molecular complexity index is 517. The van der Waals surface area contributed by atoms with Crippen LogP contribution in [0.4, 0.5) is 5.69 Å². The highest BCUT2D eigenvalue weighted by atomic mass is 16.6. The molecule has 0 saturated carbocycles. The van der Waals surface area contributed by atoms with Gasteiger partial charge in [0.15, 0.2) is 5.82 Å². The van der Waals surface area contributed by atoms with Gasteiger partial charge in [-0.25, -0.2) is 0 Å². The number of hydrogen-bond acceptors (Lipinski definition) is 5. The molecule has 0 fully saturated rings. The van der Waals surface area contributed by atoms with Crippen molar-refractivity contribution in [2.45, 2.75) is 40.2 Å². The molecule has 0 heterocycles. The molecule has 0 bridgehead atoms. The first-order valence-electron chi connectivity index (χ1n) is 7.58. The monoisotopic (exact) mass is 307 g/mol. The summed E-state index contributed by atoms with van der Waals surface area (Å²) in [4.78, 5) is 10.4. The Morgan fingerprint density at radius 2 is 2.05 bits per heavy atom. The molecule has 22 heavy (non-hydrogen) atoms. The highest BCUT2D eigenvalue weighted by Crippen LogP contribution is 2.25. The van der Waals surface area contributed by atoms with E-state index in [0.29, 0.717) is 29.8 Å². The van der Waals surface area contributed by atoms with E-state index in [9.17, 15) is 10.1 Å². The van der Waals surface area contributed by atoms with Gasteiger partial charge in [0.05, 0.1) is 17.2 Å². The Morgan fingerprint density at radius 1 is 1.36 bits per heavy atom. The second-order valence-electron chi connectivity index (χ2n) is 5.20. The van der Waals surface area contributed by atoms with E-state index in [1.165, 1.54) is 0 Å². The van der Waals surface area contributed by atoms with Crippen LogP contribution in [0.25, 0.3) is 0 Å². The van der Waals surface area contributed by atoms with Gasteiger partial charge in [-0.1, -0.05) is 32.4 Å². The van der Waals surface area contributed by atoms with Gasteiger partial charge in [0.1, 0.15) is 5.75 Å². The minimum absolute atomic E-state index is 0.114. The van der Waals surface area contributed by atoms with Crippen molar-refractivity contribution >= 4 is 5.69 Å². The highest BCUT2D eigenvalue weighted by Gasteiger charge is 2.14. The summed E-state index contributed by atoms with van der Waals surface area (Å²) >= 11 is 0. The third kappa shape index (κ3) is 5.63. The van der Waals surface area contributed by atoms with Gasteiger partial charge in [-0.15, -0.1) is 0 Å². The molecule has 0 saturated heterocycles. The molecule has 122 valence electrons. The second kappa shape index (κ2) is 8.92. The molecular weight excluding hydrogens is 282 g/mol. The first-order chi connectivity index (χ1) is 10.5. The van der Waals surface area contributed by atoms with Crippen molar-refractivity contribution < 1.29 is 9.66 Å². The third-order valence-corrected chi connectivity index (χ3v) is 3.57. The Balaban J connectivity index is 2.93. The number of nitrogens with zero attached hydrogens (tertiary/aromatic N) is 1. The minimum atomic E-state index is -0.470. The standard InChI is InChI=1S/C16H25N3O3/c1-5-12(3)13(4)17-16(11-19(20)21)18-14-9-7-8-10-15(14)22-6-2/h7-13,17-18H,5-6H2,1-4H3. The highest BCUT2D eigenvalue weighted by molar-refractivity contribution is 5.59. The van der Waals surface area contributed by atoms with Gasteiger partial charge in [0.2, 0.25) is 0 Å². The third-order valence-electron chi connectivity index (χ3n) is 3.57. The fourth-order valence-electron chi connectivity index (χ4n) is 1.95. The summed E-state index contributed by atoms with van der Waals surface area (Å²) in [5, 5.41) is 17.1. The van der Waals surface area contributed by atoms with Gasteiger partial charge in [0.25, 0.3) is 6.20 Å². The van der Waals surface area contributed by atoms with E-state index < -0.39 is 4.92 Å². The van der Waals surface area contributed by atoms with Crippen molar-refractivity contribution in [1.29, 1.82) is 0 Å². The molecule has 0 radical (unpaired) electrons. The number of para-hydroxylation sites is 2. The number of nitrogens with one attached hydrogen (secondary N) is 2. The molecule has 6 heteroatoms. The van der Waals surface area contributed by atoms with Crippen LogP contribution in [-0.4, -0.2) is 17.6 Å². The number of hydrogen-bond donors (Lipinski definition) is 2. The lowest BCUT2D eigenvalue weighted by atomic mass is 10.0. The quantitative estimate of drug-likeness (QED) is 0.538. The normalized spacial score (nSPS) is 14.1. The lowest BCUT2D eigenvalue weighted by molar-refractivity contribution is -0.403. The molecule has 1 aromatic rings. The van der Waals surface area contributed by atoms with Gasteiger partial charge in [-0.3, -0.25) is 10.1 Å². The van der Waals surface area contributed by atoms with Crippen LogP contribution in [0.5, 0.6) is 5.75 Å². The van der Waals surface area contributed by atoms with E-state index in [2.05, 4.69) is 24.5 Å². The van der Waals surface area contributed by atoms with Crippen LogP contribution in [-0.2, 0) is 0 Å². The van der Waals surface area contributed by atoms with E-state index in [1.807, 2.05) is 38.1 Å². The van der Waals surface area contributed by atoms with Gasteiger partial charge >= 0.3 is 0 Å². The molecule has 6 nitrogen and oxygen atoms in total. The Kier molecular flexibility index (Phi) is 7.22. The zero-order valence-corrected chi connectivity index (χ0v) is 13.6. The number of anilines is 1. The molecule has 0 aromatic heterocycles. The number of rotatable bonds is 9. The molecule has 0 amide bonds. The maximum Gasteiger partial charge on any atom is 0.274 e. The van der Waals surface area contributed by atoms with Crippen molar-refractivity contribution in [3.05, 3.63) is 46.4 Å². The van der Waals surface area contributed by atoms with Crippen LogP contribution in [0, 0.1) is 16.0 Å². The Labute approximate surface area is 131 Å². The van der Waals surface area contributed by atoms with E-state index in [4.69, 9.17) is 4.74 Å². The average molecular weight is 307 g/mol. The number of ether oxygens (including phenoxy) is 1. The van der Waals surface area contributed by atoms with Crippen LogP contribution in [0.3, 0.4) is 0 Å². The lowest BCUT2D eigenvalue weighted by Crippen LogP contribution is -2.34. The molecule has 0 aliphatic rings. The van der Waals surface area contributed by atoms with E-state index >= 15 is 0 Å². The molecule has 1 aromatic carbocycles. The minimum Gasteiger partial charge on any atom is -0.492 e. The van der Waals surface area contributed by atoms with Gasteiger partial charge in [-0.2, -0.15) is 0 Å². The van der Waals surface area contributed by atoms with Crippen LogP contribution >= 0.6 is 0 Å². The molecule has 2 N–H and O–H groups in total. The van der Waals surface area contributed by atoms with Gasteiger partial charge < -0.3 is 15.4 Å². The summed E-state index contributed by atoms with van der Waals surface area (Å²) in [7, 11) is 0. The maximum atomic E-state index is 10.8. The summed E-state index contributed by atoms with van der Waals surface area (Å²) < 4.78 is 5.53. The van der Waals surface area contributed by atoms with E-state index in [-0.39, 0.29) is 6.04 Å². The SMILES string of the molecule is CCOc1ccccc1NC(=C[N+](=O)[O-])NC(C)C(C)CC. The smallest absolute Gasteiger partial charge is 0.274 e. The second-order valence-corrected chi connectivity index (χ2v) is 5.20. The fourth-order valence-corrected chi connectivity index (χ4v) is 1.95. The summed E-state index contributed by atoms with van der Waals surface area (Å²) in [6.45, 7) is 8.64. The number of benzene rings is 1. The zero-order valence-electron chi connectivity index (χ0n) is 13.6. The van der Waals surface area contributed by atoms with Crippen molar-refractivity contribution in [3.63, 3.8) is 0 Å². The summed E-state index contributed by atoms with van der Waals surface area (Å²) in [5.74, 6) is 1.42. The van der Waals surface area contributed by atoms with Crippen LogP contribution in [0.1, 0.15) is 34.1 Å². The Morgan fingerprint density at radius 3 is 2.64 bits per heavy atom. The van der Waals surface area contributed by atoms with Crippen molar-refractivity contribution in [3.8, 4) is 5.75 Å². The molecule has 0 aliphatic carbocycles. The van der Waals surface area contributed by atoms with Crippen LogP contribution in [0.2, 0.25) is 0 Å². The molecule has 1 rings (SSSR count). The van der Waals surface area contributed by atoms with Crippen LogP contribution < -0.4 is 15.4 Å². The predicted molar refractivity (Wildman–Crippen MR) is 88.4 cm³/mol. The topological polar surface area (TPSA) is 76.4 Å². The summed E-state index contributed by atoms with van der Waals surface area (Å²) in [5.41, 5.74) is 0.696. The molecule has 0 spiro atoms. The van der Waals surface area contributed by atoms with E-state index in [0.717, 1.165) is 12.6 Å². The summed E-state index contributed by atoms with van der Waals surface area (Å²) in [6, 6.07) is 7.49. The fraction of sp³-hybridized carbons (Fsp3) is 0.500. The van der Waals surface area contributed by atoms with Gasteiger partial charge in [0, 0.05) is 6.04 Å². The first kappa shape index (κ1) is 17.8. The van der Waals surface area contributed by atoms with Crippen molar-refractivity contribution in [2.24, 2.45) is 5.92 Å². The maximum absolute atomic E-state index is 10.8. The molecule has 2 unspecified atom stereocenters. The van der Waals surface area contributed by atoms with Crippen LogP contribution in [0.15, 0.2) is 36.3 Å². The Hall–Kier alpha value is -2.24. The molecule has 2 atom stereocenters. The van der Waals surface area contributed by atoms with Crippen molar-refractivity contribution in [2.75, 3.05) is 11.9 Å². The van der Waals surface area contributed by atoms with E-state index in [1.54, 1.807) is 0 Å². The lowest BCUT2D eigenvalue weighted by Gasteiger charge is -2.23. The molecule has 0 aliphatic heterocycles. The number of nitro groups is 1. The molecular formula is C16H25N3O3. The largest absolute Gasteiger partial charge is 0.492 e.